The number of nitrogens with one attached hydrogen (secondary N) is 2. The number of rotatable bonds is 7. The van der Waals surface area contributed by atoms with Gasteiger partial charge in [-0.25, -0.2) is 4.79 Å². The molecular weight excluding hydrogens is 232 g/mol. The quantitative estimate of drug-likeness (QED) is 0.604. The molecule has 0 aliphatic heterocycles. The standard InChI is InChI=1S/C13H22N2O3/c1-4-5-9-14-13(18)15-11(3)8-6-7-10(2)12(16)17/h10-11H,6-9H2,1-3H3,(H,16,17)(H2,14,15,18). The predicted octanol–water partition coefficient (Wildman–Crippen LogP) is 1.59. The minimum absolute atomic E-state index is 0.0283. The number of hydrogen-bond donors (Lipinski definition) is 3. The fourth-order valence-electron chi connectivity index (χ4n) is 1.41. The molecule has 0 rings (SSSR count). The zero-order valence-corrected chi connectivity index (χ0v) is 11.2. The zero-order chi connectivity index (χ0) is 14.0. The molecule has 2 unspecified atom stereocenters. The van der Waals surface area contributed by atoms with Gasteiger partial charge in [0, 0.05) is 6.04 Å². The lowest BCUT2D eigenvalue weighted by Gasteiger charge is -2.14. The van der Waals surface area contributed by atoms with E-state index in [0.717, 1.165) is 12.8 Å². The van der Waals surface area contributed by atoms with Crippen molar-refractivity contribution >= 4 is 12.0 Å². The fourth-order valence-corrected chi connectivity index (χ4v) is 1.41. The first-order valence-corrected chi connectivity index (χ1v) is 6.14. The summed E-state index contributed by atoms with van der Waals surface area (Å²) in [6, 6.07) is -0.211. The Kier molecular flexibility index (Phi) is 8.46. The molecule has 5 heteroatoms. The van der Waals surface area contributed by atoms with Crippen LogP contribution >= 0.6 is 0 Å². The Morgan fingerprint density at radius 2 is 1.94 bits per heavy atom. The SMILES string of the molecule is CC#CCNC(=O)NC(C)CCCC(C)C(=O)O. The van der Waals surface area contributed by atoms with E-state index in [1.807, 2.05) is 6.92 Å². The van der Waals surface area contributed by atoms with Gasteiger partial charge in [0.05, 0.1) is 12.5 Å². The van der Waals surface area contributed by atoms with Gasteiger partial charge < -0.3 is 15.7 Å². The van der Waals surface area contributed by atoms with Gasteiger partial charge >= 0.3 is 12.0 Å². The van der Waals surface area contributed by atoms with Gasteiger partial charge in [-0.1, -0.05) is 19.3 Å². The second-order valence-corrected chi connectivity index (χ2v) is 4.33. The number of urea groups is 1. The summed E-state index contributed by atoms with van der Waals surface area (Å²) in [5, 5.41) is 14.1. The first kappa shape index (κ1) is 16.3. The Bertz CT molecular complexity index is 331. The number of carbonyl (C=O) groups excluding carboxylic acids is 1. The van der Waals surface area contributed by atoms with Crippen LogP contribution in [0.4, 0.5) is 4.79 Å². The van der Waals surface area contributed by atoms with E-state index in [1.54, 1.807) is 13.8 Å². The number of carboxylic acid groups (broad SMARTS) is 1. The third-order valence-corrected chi connectivity index (χ3v) is 2.59. The van der Waals surface area contributed by atoms with Crippen molar-refractivity contribution in [2.45, 2.75) is 46.1 Å². The third kappa shape index (κ3) is 8.45. The molecule has 0 radical (unpaired) electrons. The van der Waals surface area contributed by atoms with E-state index >= 15 is 0 Å². The van der Waals surface area contributed by atoms with Crippen LogP contribution in [0.3, 0.4) is 0 Å². The van der Waals surface area contributed by atoms with Crippen molar-refractivity contribution in [3.63, 3.8) is 0 Å². The Morgan fingerprint density at radius 1 is 1.28 bits per heavy atom. The van der Waals surface area contributed by atoms with Gasteiger partial charge in [-0.15, -0.1) is 5.92 Å². The highest BCUT2D eigenvalue weighted by Gasteiger charge is 2.12. The molecule has 0 aromatic rings. The first-order valence-electron chi connectivity index (χ1n) is 6.14. The molecular formula is C13H22N2O3. The van der Waals surface area contributed by atoms with E-state index in [4.69, 9.17) is 5.11 Å². The van der Waals surface area contributed by atoms with Crippen molar-refractivity contribution in [1.29, 1.82) is 0 Å². The Balaban J connectivity index is 3.69. The first-order chi connectivity index (χ1) is 8.47. The summed E-state index contributed by atoms with van der Waals surface area (Å²) < 4.78 is 0. The van der Waals surface area contributed by atoms with E-state index in [0.29, 0.717) is 13.0 Å². The Morgan fingerprint density at radius 3 is 2.50 bits per heavy atom. The lowest BCUT2D eigenvalue weighted by atomic mass is 10.0. The molecule has 0 heterocycles. The summed E-state index contributed by atoms with van der Waals surface area (Å²) in [4.78, 5) is 22.0. The number of carboxylic acids is 1. The van der Waals surface area contributed by atoms with Gasteiger partial charge in [0.1, 0.15) is 0 Å². The van der Waals surface area contributed by atoms with Crippen LogP contribution in [0.5, 0.6) is 0 Å². The van der Waals surface area contributed by atoms with E-state index in [2.05, 4.69) is 22.5 Å². The molecule has 0 aromatic heterocycles. The van der Waals surface area contributed by atoms with E-state index in [-0.39, 0.29) is 18.0 Å². The van der Waals surface area contributed by atoms with E-state index in [1.165, 1.54) is 0 Å². The lowest BCUT2D eigenvalue weighted by molar-refractivity contribution is -0.141. The molecule has 0 bridgehead atoms. The molecule has 0 fully saturated rings. The average Bonchev–Trinajstić information content (AvgIpc) is 2.28. The van der Waals surface area contributed by atoms with Gasteiger partial charge in [0.25, 0.3) is 0 Å². The minimum Gasteiger partial charge on any atom is -0.481 e. The highest BCUT2D eigenvalue weighted by molar-refractivity contribution is 5.74. The second-order valence-electron chi connectivity index (χ2n) is 4.33. The van der Waals surface area contributed by atoms with Crippen LogP contribution in [-0.2, 0) is 4.79 Å². The maximum absolute atomic E-state index is 11.3. The molecule has 5 nitrogen and oxygen atoms in total. The van der Waals surface area contributed by atoms with Crippen LogP contribution in [0.1, 0.15) is 40.0 Å². The van der Waals surface area contributed by atoms with Crippen LogP contribution in [0.2, 0.25) is 0 Å². The molecule has 0 saturated heterocycles. The van der Waals surface area contributed by atoms with Crippen LogP contribution in [-0.4, -0.2) is 29.7 Å². The summed E-state index contributed by atoms with van der Waals surface area (Å²) in [7, 11) is 0. The lowest BCUT2D eigenvalue weighted by Crippen LogP contribution is -2.40. The smallest absolute Gasteiger partial charge is 0.315 e. The summed E-state index contributed by atoms with van der Waals surface area (Å²) in [5.74, 6) is 4.32. The summed E-state index contributed by atoms with van der Waals surface area (Å²) in [6.45, 7) is 5.64. The molecule has 0 aliphatic rings. The maximum atomic E-state index is 11.3. The summed E-state index contributed by atoms with van der Waals surface area (Å²) >= 11 is 0. The van der Waals surface area contributed by atoms with Gasteiger partial charge in [-0.05, 0) is 26.7 Å². The van der Waals surface area contributed by atoms with Crippen molar-refractivity contribution in [1.82, 2.24) is 10.6 Å². The van der Waals surface area contributed by atoms with Gasteiger partial charge in [-0.2, -0.15) is 0 Å². The van der Waals surface area contributed by atoms with Crippen LogP contribution in [0.25, 0.3) is 0 Å². The maximum Gasteiger partial charge on any atom is 0.315 e. The van der Waals surface area contributed by atoms with E-state index in [9.17, 15) is 9.59 Å². The van der Waals surface area contributed by atoms with Gasteiger partial charge in [0.15, 0.2) is 0 Å². The third-order valence-electron chi connectivity index (χ3n) is 2.59. The summed E-state index contributed by atoms with van der Waals surface area (Å²) in [6.07, 6.45) is 2.18. The molecule has 0 spiro atoms. The molecule has 18 heavy (non-hydrogen) atoms. The molecule has 0 saturated carbocycles. The van der Waals surface area contributed by atoms with Crippen molar-refractivity contribution in [3.05, 3.63) is 0 Å². The van der Waals surface area contributed by atoms with E-state index < -0.39 is 5.97 Å². The van der Waals surface area contributed by atoms with Crippen LogP contribution < -0.4 is 10.6 Å². The zero-order valence-electron chi connectivity index (χ0n) is 11.2. The predicted molar refractivity (Wildman–Crippen MR) is 70.1 cm³/mol. The van der Waals surface area contributed by atoms with Gasteiger partial charge in [0.2, 0.25) is 0 Å². The number of hydrogen-bond acceptors (Lipinski definition) is 2. The van der Waals surface area contributed by atoms with Crippen molar-refractivity contribution in [3.8, 4) is 11.8 Å². The highest BCUT2D eigenvalue weighted by atomic mass is 16.4. The molecule has 3 N–H and O–H groups in total. The highest BCUT2D eigenvalue weighted by Crippen LogP contribution is 2.09. The number of aliphatic carboxylic acids is 1. The van der Waals surface area contributed by atoms with Crippen LogP contribution in [0, 0.1) is 17.8 Å². The fraction of sp³-hybridized carbons (Fsp3) is 0.692. The number of amides is 2. The van der Waals surface area contributed by atoms with Gasteiger partial charge in [-0.3, -0.25) is 4.79 Å². The largest absolute Gasteiger partial charge is 0.481 e. The normalized spacial score (nSPS) is 12.8. The number of carbonyl (C=O) groups is 2. The molecule has 2 amide bonds. The monoisotopic (exact) mass is 254 g/mol. The van der Waals surface area contributed by atoms with Crippen molar-refractivity contribution in [2.24, 2.45) is 5.92 Å². The van der Waals surface area contributed by atoms with Crippen LogP contribution in [0.15, 0.2) is 0 Å². The van der Waals surface area contributed by atoms with Crippen molar-refractivity contribution < 1.29 is 14.7 Å². The Labute approximate surface area is 108 Å². The molecule has 0 aliphatic carbocycles. The second kappa shape index (κ2) is 9.34. The average molecular weight is 254 g/mol. The Hall–Kier alpha value is -1.70. The molecule has 0 aromatic carbocycles. The minimum atomic E-state index is -0.772. The molecule has 102 valence electrons. The molecule has 2 atom stereocenters. The topological polar surface area (TPSA) is 78.4 Å². The summed E-state index contributed by atoms with van der Waals surface area (Å²) in [5.41, 5.74) is 0. The van der Waals surface area contributed by atoms with Crippen molar-refractivity contribution in [2.75, 3.05) is 6.54 Å².